The summed E-state index contributed by atoms with van der Waals surface area (Å²) in [5.41, 5.74) is 5.50. The molecule has 160 valence electrons. The fourth-order valence-corrected chi connectivity index (χ4v) is 6.49. The van der Waals surface area contributed by atoms with Gasteiger partial charge in [0, 0.05) is 43.2 Å². The molecule has 7 heteroatoms. The first kappa shape index (κ1) is 21.8. The minimum atomic E-state index is -0.142. The molecule has 1 spiro atoms. The summed E-state index contributed by atoms with van der Waals surface area (Å²) in [6.07, 6.45) is 9.97. The fourth-order valence-electron chi connectivity index (χ4n) is 4.92. The molecule has 28 heavy (non-hydrogen) atoms. The number of nitrogens with two attached hydrogens (primary N) is 1. The Morgan fingerprint density at radius 3 is 2.82 bits per heavy atom. The van der Waals surface area contributed by atoms with Gasteiger partial charge in [-0.2, -0.15) is 11.8 Å². The monoisotopic (exact) mass is 409 g/mol. The van der Waals surface area contributed by atoms with Gasteiger partial charge in [0.15, 0.2) is 5.96 Å². The lowest BCUT2D eigenvalue weighted by atomic mass is 9.87. The second-order valence-electron chi connectivity index (χ2n) is 8.65. The number of nitrogens with one attached hydrogen (secondary N) is 1. The maximum absolute atomic E-state index is 11.5. The molecular weight excluding hydrogens is 370 g/mol. The van der Waals surface area contributed by atoms with Crippen LogP contribution in [0.2, 0.25) is 0 Å². The van der Waals surface area contributed by atoms with Crippen LogP contribution in [0, 0.1) is 5.92 Å². The van der Waals surface area contributed by atoms with Gasteiger partial charge in [-0.3, -0.25) is 9.79 Å². The van der Waals surface area contributed by atoms with Crippen molar-refractivity contribution < 1.29 is 4.79 Å². The Kier molecular flexibility index (Phi) is 8.33. The quantitative estimate of drug-likeness (QED) is 0.400. The lowest BCUT2D eigenvalue weighted by Crippen LogP contribution is -2.53. The topological polar surface area (TPSA) is 74.0 Å². The van der Waals surface area contributed by atoms with Crippen LogP contribution in [0.4, 0.5) is 0 Å². The SMILES string of the molecule is CCNC(=NCCCN1CCCC(C(N)=O)C1)N1CCSC2(CCCCC2)C1. The first-order chi connectivity index (χ1) is 13.6. The molecule has 6 nitrogen and oxygen atoms in total. The standard InChI is InChI=1S/C21H39N5OS/c1-2-23-20(26-14-15-28-21(17-26)9-4-3-5-10-21)24-11-7-13-25-12-6-8-18(16-25)19(22)27/h18H,2-17H2,1H3,(H2,22,27)(H,23,24). The van der Waals surface area contributed by atoms with Gasteiger partial charge in [-0.25, -0.2) is 0 Å². The molecule has 0 aromatic rings. The van der Waals surface area contributed by atoms with E-state index in [9.17, 15) is 4.79 Å². The summed E-state index contributed by atoms with van der Waals surface area (Å²) in [5, 5.41) is 3.53. The highest BCUT2D eigenvalue weighted by atomic mass is 32.2. The second kappa shape index (κ2) is 10.7. The van der Waals surface area contributed by atoms with Gasteiger partial charge in [-0.1, -0.05) is 19.3 Å². The zero-order valence-corrected chi connectivity index (χ0v) is 18.4. The summed E-state index contributed by atoms with van der Waals surface area (Å²) in [7, 11) is 0. The van der Waals surface area contributed by atoms with Crippen LogP contribution in [0.1, 0.15) is 58.3 Å². The Morgan fingerprint density at radius 1 is 1.25 bits per heavy atom. The van der Waals surface area contributed by atoms with Crippen molar-refractivity contribution in [1.82, 2.24) is 15.1 Å². The zero-order valence-electron chi connectivity index (χ0n) is 17.6. The number of amides is 1. The lowest BCUT2D eigenvalue weighted by Gasteiger charge is -2.45. The third-order valence-corrected chi connectivity index (χ3v) is 7.99. The van der Waals surface area contributed by atoms with Crippen LogP contribution in [0.3, 0.4) is 0 Å². The number of primary amides is 1. The lowest BCUT2D eigenvalue weighted by molar-refractivity contribution is -0.123. The van der Waals surface area contributed by atoms with E-state index in [2.05, 4.69) is 33.8 Å². The van der Waals surface area contributed by atoms with Crippen molar-refractivity contribution in [3.63, 3.8) is 0 Å². The molecule has 3 aliphatic rings. The van der Waals surface area contributed by atoms with E-state index in [-0.39, 0.29) is 11.8 Å². The summed E-state index contributed by atoms with van der Waals surface area (Å²) in [6.45, 7) is 9.08. The average molecular weight is 410 g/mol. The summed E-state index contributed by atoms with van der Waals surface area (Å²) < 4.78 is 0.463. The number of nitrogens with zero attached hydrogens (tertiary/aromatic N) is 3. The van der Waals surface area contributed by atoms with Crippen molar-refractivity contribution in [3.8, 4) is 0 Å². The number of likely N-dealkylation sites (tertiary alicyclic amines) is 1. The molecule has 2 aliphatic heterocycles. The van der Waals surface area contributed by atoms with Crippen molar-refractivity contribution in [2.24, 2.45) is 16.6 Å². The average Bonchev–Trinajstić information content (AvgIpc) is 2.71. The van der Waals surface area contributed by atoms with Crippen LogP contribution in [-0.4, -0.2) is 78.0 Å². The van der Waals surface area contributed by atoms with Crippen molar-refractivity contribution in [2.75, 3.05) is 51.6 Å². The molecule has 1 saturated carbocycles. The van der Waals surface area contributed by atoms with E-state index in [4.69, 9.17) is 10.7 Å². The summed E-state index contributed by atoms with van der Waals surface area (Å²) in [5.74, 6) is 2.21. The Balaban J connectivity index is 1.49. The number of hydrogen-bond donors (Lipinski definition) is 2. The molecule has 3 N–H and O–H groups in total. The van der Waals surface area contributed by atoms with E-state index in [1.807, 2.05) is 0 Å². The summed E-state index contributed by atoms with van der Waals surface area (Å²) >= 11 is 2.21. The summed E-state index contributed by atoms with van der Waals surface area (Å²) in [4.78, 5) is 21.3. The fraction of sp³-hybridized carbons (Fsp3) is 0.905. The minimum Gasteiger partial charge on any atom is -0.369 e. The highest BCUT2D eigenvalue weighted by Gasteiger charge is 2.38. The molecule has 0 bridgehead atoms. The predicted molar refractivity (Wildman–Crippen MR) is 119 cm³/mol. The molecule has 3 fully saturated rings. The van der Waals surface area contributed by atoms with Gasteiger partial charge in [0.1, 0.15) is 0 Å². The Hall–Kier alpha value is -0.950. The van der Waals surface area contributed by atoms with Crippen molar-refractivity contribution in [3.05, 3.63) is 0 Å². The van der Waals surface area contributed by atoms with Gasteiger partial charge < -0.3 is 20.9 Å². The molecule has 0 radical (unpaired) electrons. The second-order valence-corrected chi connectivity index (χ2v) is 10.2. The van der Waals surface area contributed by atoms with Gasteiger partial charge in [0.25, 0.3) is 0 Å². The highest BCUT2D eigenvalue weighted by molar-refractivity contribution is 8.00. The number of carbonyl (C=O) groups is 1. The van der Waals surface area contributed by atoms with Crippen LogP contribution < -0.4 is 11.1 Å². The maximum atomic E-state index is 11.5. The Morgan fingerprint density at radius 2 is 2.07 bits per heavy atom. The van der Waals surface area contributed by atoms with Crippen molar-refractivity contribution >= 4 is 23.6 Å². The smallest absolute Gasteiger partial charge is 0.221 e. The van der Waals surface area contributed by atoms with Crippen LogP contribution in [0.15, 0.2) is 4.99 Å². The Bertz CT molecular complexity index is 529. The van der Waals surface area contributed by atoms with Gasteiger partial charge in [-0.15, -0.1) is 0 Å². The van der Waals surface area contributed by atoms with Crippen LogP contribution in [0.5, 0.6) is 0 Å². The number of carbonyl (C=O) groups excluding carboxylic acids is 1. The number of thioether (sulfide) groups is 1. The molecular formula is C21H39N5OS. The molecule has 2 heterocycles. The third kappa shape index (κ3) is 6.02. The summed E-state index contributed by atoms with van der Waals surface area (Å²) in [6, 6.07) is 0. The number of rotatable bonds is 6. The van der Waals surface area contributed by atoms with E-state index in [1.54, 1.807) is 0 Å². The van der Waals surface area contributed by atoms with Gasteiger partial charge in [0.2, 0.25) is 5.91 Å². The van der Waals surface area contributed by atoms with Gasteiger partial charge in [0.05, 0.1) is 5.92 Å². The number of hydrogen-bond acceptors (Lipinski definition) is 4. The van der Waals surface area contributed by atoms with E-state index in [0.717, 1.165) is 71.0 Å². The van der Waals surface area contributed by atoms with Crippen LogP contribution in [0.25, 0.3) is 0 Å². The molecule has 3 rings (SSSR count). The molecule has 0 aromatic heterocycles. The van der Waals surface area contributed by atoms with Crippen molar-refractivity contribution in [1.29, 1.82) is 0 Å². The molecule has 0 aromatic carbocycles. The normalized spacial score (nSPS) is 26.4. The largest absolute Gasteiger partial charge is 0.369 e. The third-order valence-electron chi connectivity index (χ3n) is 6.45. The number of piperidine rings is 1. The van der Waals surface area contributed by atoms with Crippen molar-refractivity contribution in [2.45, 2.75) is 63.0 Å². The van der Waals surface area contributed by atoms with E-state index in [1.165, 1.54) is 37.9 Å². The molecule has 1 unspecified atom stereocenters. The van der Waals surface area contributed by atoms with Gasteiger partial charge in [-0.05, 0) is 52.1 Å². The van der Waals surface area contributed by atoms with Crippen LogP contribution >= 0.6 is 11.8 Å². The molecule has 2 saturated heterocycles. The van der Waals surface area contributed by atoms with Crippen LogP contribution in [-0.2, 0) is 4.79 Å². The maximum Gasteiger partial charge on any atom is 0.221 e. The molecule has 1 amide bonds. The zero-order chi connectivity index (χ0) is 19.8. The first-order valence-electron chi connectivity index (χ1n) is 11.3. The van der Waals surface area contributed by atoms with E-state index < -0.39 is 0 Å². The number of aliphatic imine (C=N–C) groups is 1. The Labute approximate surface area is 175 Å². The molecule has 1 aliphatic carbocycles. The minimum absolute atomic E-state index is 0.0344. The van der Waals surface area contributed by atoms with E-state index >= 15 is 0 Å². The molecule has 1 atom stereocenters. The highest BCUT2D eigenvalue weighted by Crippen LogP contribution is 2.42. The van der Waals surface area contributed by atoms with Gasteiger partial charge >= 0.3 is 0 Å². The predicted octanol–water partition coefficient (Wildman–Crippen LogP) is 2.29. The number of guanidine groups is 1. The van der Waals surface area contributed by atoms with E-state index in [0.29, 0.717) is 4.75 Å². The first-order valence-corrected chi connectivity index (χ1v) is 12.3.